The standard InChI is InChI=1S/C37H45N5O6Si/c1-37(2,3)49(6,7)46-17-14-42(4)36(43)24-18-31(44-5)34(40-21-24)32-19-28-35(48-32)33(26(22-39-28)23-8-9-23)27-10-11-30(29(20-38)41-27)47-25-12-15-45-16-13-25/h10-11,18-19,21-23,25H,8-9,12-17H2,1-7H3. The summed E-state index contributed by atoms with van der Waals surface area (Å²) in [7, 11) is 1.38. The molecule has 0 bridgehead atoms. The van der Waals surface area contributed by atoms with Gasteiger partial charge in [0, 0.05) is 44.9 Å². The van der Waals surface area contributed by atoms with Gasteiger partial charge in [0.25, 0.3) is 5.91 Å². The smallest absolute Gasteiger partial charge is 0.255 e. The van der Waals surface area contributed by atoms with Gasteiger partial charge in [0.2, 0.25) is 0 Å². The SMILES string of the molecule is COc1cc(C(=O)N(C)CCO[Si](C)(C)C(C)(C)C)cnc1-c1cc2ncc(C3CC3)c(-c3ccc(OC4CCOCC4)c(C#N)n3)c2o1. The largest absolute Gasteiger partial charge is 0.494 e. The molecule has 1 aliphatic carbocycles. The summed E-state index contributed by atoms with van der Waals surface area (Å²) in [6.07, 6.45) is 7.05. The average Bonchev–Trinajstić information content (AvgIpc) is 3.85. The number of pyridine rings is 3. The maximum atomic E-state index is 13.4. The summed E-state index contributed by atoms with van der Waals surface area (Å²) in [6.45, 7) is 13.2. The van der Waals surface area contributed by atoms with E-state index in [1.807, 2.05) is 24.4 Å². The Labute approximate surface area is 288 Å². The molecule has 1 saturated carbocycles. The summed E-state index contributed by atoms with van der Waals surface area (Å²) in [6, 6.07) is 9.43. The van der Waals surface area contributed by atoms with Crippen LogP contribution in [-0.2, 0) is 9.16 Å². The van der Waals surface area contributed by atoms with Crippen molar-refractivity contribution in [1.29, 1.82) is 5.26 Å². The number of hydrogen-bond donors (Lipinski definition) is 0. The van der Waals surface area contributed by atoms with E-state index in [0.717, 1.165) is 36.8 Å². The van der Waals surface area contributed by atoms with E-state index >= 15 is 0 Å². The number of furan rings is 1. The van der Waals surface area contributed by atoms with Crippen LogP contribution >= 0.6 is 0 Å². The number of rotatable bonds is 11. The lowest BCUT2D eigenvalue weighted by atomic mass is 10.0. The second-order valence-corrected chi connectivity index (χ2v) is 19.2. The minimum Gasteiger partial charge on any atom is -0.494 e. The molecule has 0 spiro atoms. The number of amides is 1. The van der Waals surface area contributed by atoms with Gasteiger partial charge in [-0.1, -0.05) is 20.8 Å². The highest BCUT2D eigenvalue weighted by Gasteiger charge is 2.37. The zero-order valence-corrected chi connectivity index (χ0v) is 30.5. The molecule has 6 rings (SSSR count). The number of hydrogen-bond acceptors (Lipinski definition) is 10. The van der Waals surface area contributed by atoms with Gasteiger partial charge in [-0.25, -0.2) is 9.97 Å². The van der Waals surface area contributed by atoms with Crippen molar-refractivity contribution in [2.75, 3.05) is 40.5 Å². The Hall–Kier alpha value is -4.31. The number of fused-ring (bicyclic) bond motifs is 1. The van der Waals surface area contributed by atoms with E-state index in [1.165, 1.54) is 0 Å². The monoisotopic (exact) mass is 683 g/mol. The third-order valence-electron chi connectivity index (χ3n) is 9.87. The van der Waals surface area contributed by atoms with Gasteiger partial charge in [-0.3, -0.25) is 9.78 Å². The number of carbonyl (C=O) groups excluding carboxylic acids is 1. The van der Waals surface area contributed by atoms with Crippen LogP contribution in [0.2, 0.25) is 18.1 Å². The highest BCUT2D eigenvalue weighted by Crippen LogP contribution is 2.47. The second kappa shape index (κ2) is 13.9. The van der Waals surface area contributed by atoms with Crippen LogP contribution in [0, 0.1) is 11.3 Å². The van der Waals surface area contributed by atoms with Crippen molar-refractivity contribution in [3.05, 3.63) is 53.5 Å². The molecule has 2 aliphatic rings. The summed E-state index contributed by atoms with van der Waals surface area (Å²) < 4.78 is 30.1. The number of carbonyl (C=O) groups is 1. The molecule has 0 aromatic carbocycles. The summed E-state index contributed by atoms with van der Waals surface area (Å²) >= 11 is 0. The second-order valence-electron chi connectivity index (χ2n) is 14.4. The van der Waals surface area contributed by atoms with E-state index in [0.29, 0.717) is 77.6 Å². The van der Waals surface area contributed by atoms with Crippen LogP contribution in [0.1, 0.15) is 74.0 Å². The molecule has 4 aromatic heterocycles. The van der Waals surface area contributed by atoms with Gasteiger partial charge in [0.1, 0.15) is 29.1 Å². The van der Waals surface area contributed by atoms with E-state index in [-0.39, 0.29) is 22.7 Å². The maximum absolute atomic E-state index is 13.4. The van der Waals surface area contributed by atoms with Crippen LogP contribution in [-0.4, -0.2) is 80.7 Å². The molecule has 0 unspecified atom stereocenters. The molecule has 4 aromatic rings. The Morgan fingerprint density at radius 1 is 1.08 bits per heavy atom. The number of likely N-dealkylation sites (N-methyl/N-ethyl adjacent to an activating group) is 1. The zero-order valence-electron chi connectivity index (χ0n) is 29.5. The number of ether oxygens (including phenoxy) is 3. The Morgan fingerprint density at radius 3 is 2.51 bits per heavy atom. The van der Waals surface area contributed by atoms with Crippen molar-refractivity contribution in [2.24, 2.45) is 0 Å². The topological polar surface area (TPSA) is 133 Å². The molecule has 0 N–H and O–H groups in total. The Bertz CT molecular complexity index is 1880. The van der Waals surface area contributed by atoms with Gasteiger partial charge in [-0.2, -0.15) is 5.26 Å². The number of nitrogens with zero attached hydrogens (tertiary/aromatic N) is 5. The predicted molar refractivity (Wildman–Crippen MR) is 188 cm³/mol. The van der Waals surface area contributed by atoms with Crippen molar-refractivity contribution < 1.29 is 27.8 Å². The number of methoxy groups -OCH3 is 1. The summed E-state index contributed by atoms with van der Waals surface area (Å²) in [5.74, 6) is 1.48. The van der Waals surface area contributed by atoms with Crippen LogP contribution in [0.3, 0.4) is 0 Å². The van der Waals surface area contributed by atoms with E-state index in [1.54, 1.807) is 31.3 Å². The fourth-order valence-electron chi connectivity index (χ4n) is 5.69. The molecule has 1 aliphatic heterocycles. The van der Waals surface area contributed by atoms with Crippen molar-refractivity contribution >= 4 is 25.3 Å². The minimum absolute atomic E-state index is 0.0123. The van der Waals surface area contributed by atoms with E-state index in [4.69, 9.17) is 33.0 Å². The van der Waals surface area contributed by atoms with E-state index in [2.05, 4.69) is 44.9 Å². The molecular formula is C37H45N5O6Si. The van der Waals surface area contributed by atoms with Crippen LogP contribution in [0.5, 0.6) is 11.5 Å². The Kier molecular flexibility index (Phi) is 9.80. The van der Waals surface area contributed by atoms with Crippen LogP contribution < -0.4 is 9.47 Å². The molecule has 1 saturated heterocycles. The van der Waals surface area contributed by atoms with Gasteiger partial charge in [0.15, 0.2) is 31.1 Å². The quantitative estimate of drug-likeness (QED) is 0.148. The van der Waals surface area contributed by atoms with Gasteiger partial charge in [-0.15, -0.1) is 0 Å². The fourth-order valence-corrected chi connectivity index (χ4v) is 6.72. The fraction of sp³-hybridized carbons (Fsp3) is 0.486. The van der Waals surface area contributed by atoms with E-state index in [9.17, 15) is 10.1 Å². The van der Waals surface area contributed by atoms with Crippen molar-refractivity contribution in [1.82, 2.24) is 19.9 Å². The highest BCUT2D eigenvalue weighted by atomic mass is 28.4. The molecule has 2 fully saturated rings. The molecule has 258 valence electrons. The highest BCUT2D eigenvalue weighted by molar-refractivity contribution is 6.74. The van der Waals surface area contributed by atoms with Gasteiger partial charge in [0.05, 0.1) is 43.8 Å². The van der Waals surface area contributed by atoms with E-state index < -0.39 is 8.32 Å². The normalized spacial score (nSPS) is 15.6. The van der Waals surface area contributed by atoms with Gasteiger partial charge >= 0.3 is 0 Å². The lowest BCUT2D eigenvalue weighted by Crippen LogP contribution is -2.43. The summed E-state index contributed by atoms with van der Waals surface area (Å²) in [5, 5.41) is 10.1. The predicted octanol–water partition coefficient (Wildman–Crippen LogP) is 7.36. The zero-order chi connectivity index (χ0) is 34.9. The van der Waals surface area contributed by atoms with Crippen LogP contribution in [0.15, 0.2) is 41.1 Å². The van der Waals surface area contributed by atoms with Crippen LogP contribution in [0.4, 0.5) is 0 Å². The van der Waals surface area contributed by atoms with Crippen molar-refractivity contribution in [3.8, 4) is 40.3 Å². The molecule has 0 radical (unpaired) electrons. The lowest BCUT2D eigenvalue weighted by Gasteiger charge is -2.36. The molecule has 11 nitrogen and oxygen atoms in total. The first-order chi connectivity index (χ1) is 23.4. The Morgan fingerprint density at radius 2 is 1.84 bits per heavy atom. The van der Waals surface area contributed by atoms with Crippen molar-refractivity contribution in [2.45, 2.75) is 76.6 Å². The lowest BCUT2D eigenvalue weighted by molar-refractivity contribution is 0.0253. The van der Waals surface area contributed by atoms with Gasteiger partial charge < -0.3 is 28.0 Å². The molecule has 12 heteroatoms. The minimum atomic E-state index is -1.92. The third kappa shape index (κ3) is 7.34. The molecule has 1 amide bonds. The Balaban J connectivity index is 1.28. The van der Waals surface area contributed by atoms with Crippen molar-refractivity contribution in [3.63, 3.8) is 0 Å². The molecule has 0 atom stereocenters. The van der Waals surface area contributed by atoms with Crippen LogP contribution in [0.25, 0.3) is 33.8 Å². The first-order valence-corrected chi connectivity index (χ1v) is 19.8. The summed E-state index contributed by atoms with van der Waals surface area (Å²) in [5.41, 5.74) is 4.71. The van der Waals surface area contributed by atoms with Gasteiger partial charge in [-0.05, 0) is 60.7 Å². The first-order valence-electron chi connectivity index (χ1n) is 16.9. The maximum Gasteiger partial charge on any atom is 0.255 e. The molecule has 5 heterocycles. The average molecular weight is 684 g/mol. The first kappa shape index (κ1) is 34.5. The number of nitriles is 1. The molecule has 49 heavy (non-hydrogen) atoms. The molecular weight excluding hydrogens is 639 g/mol. The number of aromatic nitrogens is 3. The summed E-state index contributed by atoms with van der Waals surface area (Å²) in [4.78, 5) is 29.1. The third-order valence-corrected chi connectivity index (χ3v) is 14.4.